The second kappa shape index (κ2) is 1630. The molecule has 0 fully saturated rings. The minimum Gasteiger partial charge on any atom is -2.00 e. The predicted molar refractivity (Wildman–Crippen MR) is 22.7 cm³/mol. The summed E-state index contributed by atoms with van der Waals surface area (Å²) in [6, 6.07) is 0. The van der Waals surface area contributed by atoms with E-state index < -0.39 is 0 Å². The van der Waals surface area contributed by atoms with E-state index in [1.165, 1.54) is 0 Å². The molecule has 0 rings (SSSR count). The molecule has 0 bridgehead atoms. The maximum absolute atomic E-state index is 0. The molecule has 0 aliphatic carbocycles. The Morgan fingerprint density at radius 3 is 0.0323 bits per heavy atom. The molecular formula is O33Zn29-8. The van der Waals surface area contributed by atoms with Gasteiger partial charge in [0.15, 0.2) is 0 Å². The molecule has 33 nitrogen and oxygen atoms in total. The van der Waals surface area contributed by atoms with E-state index in [0.29, 0.717) is 0 Å². The first-order chi connectivity index (χ1) is 0. The molecule has 0 unspecified atom stereocenters. The molecular weight excluding hydrogens is 2420 g/mol. The van der Waals surface area contributed by atoms with Crippen molar-refractivity contribution in [2.45, 2.75) is 0 Å². The quantitative estimate of drug-likeness (QED) is 0.210. The Hall–Kier alpha value is 16.8. The predicted octanol–water partition coefficient (Wildman–Crippen LogP) is -3.99. The molecule has 62 heteroatoms. The van der Waals surface area contributed by atoms with Crippen molar-refractivity contribution in [2.24, 2.45) is 0 Å². The van der Waals surface area contributed by atoms with Crippen LogP contribution in [0, 0.1) is 0 Å². The van der Waals surface area contributed by atoms with E-state index in [1.54, 1.807) is 0 Å². The third-order valence-electron chi connectivity index (χ3n) is 0. The monoisotopic (exact) mass is 2380 g/mol. The molecule has 0 saturated carbocycles. The summed E-state index contributed by atoms with van der Waals surface area (Å²) in [5.41, 5.74) is 0. The van der Waals surface area contributed by atoms with Gasteiger partial charge in [-0.05, 0) is 0 Å². The number of rotatable bonds is 0. The molecule has 264 valence electrons. The molecule has 0 aromatic carbocycles. The summed E-state index contributed by atoms with van der Waals surface area (Å²) in [4.78, 5) is 0. The molecule has 0 heterocycles. The van der Waals surface area contributed by atoms with Gasteiger partial charge in [0.05, 0.1) is 0 Å². The Kier molecular flexibility index (Phi) is 44600. The Balaban J connectivity index is 0. The smallest absolute Gasteiger partial charge is 2.00 e. The van der Waals surface area contributed by atoms with Crippen molar-refractivity contribution in [3.63, 3.8) is 0 Å². The van der Waals surface area contributed by atoms with Crippen LogP contribution in [0.2, 0.25) is 0 Å². The summed E-state index contributed by atoms with van der Waals surface area (Å²) < 4.78 is 0. The van der Waals surface area contributed by atoms with Crippen LogP contribution in [0.25, 0.3) is 0 Å². The van der Waals surface area contributed by atoms with Gasteiger partial charge in [-0.3, -0.25) is 0 Å². The average molecular weight is 2420 g/mol. The normalized spacial score (nSPS) is 0. The van der Waals surface area contributed by atoms with Gasteiger partial charge in [-0.1, -0.05) is 0 Å². The summed E-state index contributed by atoms with van der Waals surface area (Å²) >= 11 is 0. The van der Waals surface area contributed by atoms with Crippen LogP contribution in [0.4, 0.5) is 0 Å². The molecule has 0 aliphatic rings. The van der Waals surface area contributed by atoms with Gasteiger partial charge in [0, 0.05) is 0 Å². The van der Waals surface area contributed by atoms with E-state index in [9.17, 15) is 0 Å². The fourth-order valence-electron chi connectivity index (χ4n) is 0. The average Bonchev–Trinajstić information content (AvgIpc) is 0. The molecule has 0 aromatic heterocycles. The summed E-state index contributed by atoms with van der Waals surface area (Å²) in [5.74, 6) is 0. The van der Waals surface area contributed by atoms with Crippen molar-refractivity contribution in [3.8, 4) is 0 Å². The standard InChI is InChI=1S/33O.29Zn/q33*-2;29*+2. The van der Waals surface area contributed by atoms with Crippen molar-refractivity contribution >= 4 is 0 Å². The van der Waals surface area contributed by atoms with Crippen LogP contribution in [-0.4, -0.2) is 0 Å². The second-order valence-corrected chi connectivity index (χ2v) is 0. The molecule has 0 saturated heterocycles. The van der Waals surface area contributed by atoms with Crippen molar-refractivity contribution < 1.29 is 746 Å². The zero-order valence-electron chi connectivity index (χ0n) is 34.0. The maximum Gasteiger partial charge on any atom is 2.00 e. The number of hydrogen-bond acceptors (Lipinski definition) is 0. The molecule has 62 heavy (non-hydrogen) atoms. The van der Waals surface area contributed by atoms with Crippen LogP contribution in [0.1, 0.15) is 0 Å². The first-order valence-corrected chi connectivity index (χ1v) is 0. The van der Waals surface area contributed by atoms with E-state index >= 15 is 0 Å². The van der Waals surface area contributed by atoms with E-state index in [1.807, 2.05) is 0 Å². The molecule has 0 atom stereocenters. The minimum absolute atomic E-state index is 0. The van der Waals surface area contributed by atoms with Crippen LogP contribution < -0.4 is 0 Å². The van der Waals surface area contributed by atoms with Gasteiger partial charge < -0.3 is 181 Å². The van der Waals surface area contributed by atoms with Gasteiger partial charge in [0.2, 0.25) is 0 Å². The zero-order chi connectivity index (χ0) is 0. The van der Waals surface area contributed by atoms with Gasteiger partial charge in [-0.15, -0.1) is 0 Å². The van der Waals surface area contributed by atoms with Crippen LogP contribution in [0.5, 0.6) is 0 Å². The van der Waals surface area contributed by atoms with E-state index in [-0.39, 0.29) is 746 Å². The topological polar surface area (TPSA) is 940 Å². The van der Waals surface area contributed by atoms with Crippen LogP contribution in [0.3, 0.4) is 0 Å². The zero-order valence-corrected chi connectivity index (χ0v) is 120. The molecule has 0 amide bonds. The van der Waals surface area contributed by atoms with Crippen molar-refractivity contribution in [1.29, 1.82) is 0 Å². The Morgan fingerprint density at radius 2 is 0.0323 bits per heavy atom. The van der Waals surface area contributed by atoms with Crippen molar-refractivity contribution in [2.75, 3.05) is 0 Å². The van der Waals surface area contributed by atoms with E-state index in [2.05, 4.69) is 0 Å². The molecule has 0 aliphatic heterocycles. The summed E-state index contributed by atoms with van der Waals surface area (Å²) in [5, 5.41) is 0. The Morgan fingerprint density at radius 1 is 0.0323 bits per heavy atom. The fraction of sp³-hybridized carbons (Fsp3) is 0. The Bertz CT molecular complexity index is 61.8. The van der Waals surface area contributed by atoms with Crippen molar-refractivity contribution in [3.05, 3.63) is 0 Å². The SMILES string of the molecule is [O-2].[O-2].[O-2].[O-2].[O-2].[O-2].[O-2].[O-2].[O-2].[O-2].[O-2].[O-2].[O-2].[O-2].[O-2].[O-2].[O-2].[O-2].[O-2].[O-2].[O-2].[O-2].[O-2].[O-2].[O-2].[O-2].[O-2].[O-2].[O-2].[O-2].[O-2].[O-2].[O-2].[Zn+2].[Zn+2].[Zn+2].[Zn+2].[Zn+2].[Zn+2].[Zn+2].[Zn+2].[Zn+2].[Zn+2].[Zn+2].[Zn+2].[Zn+2].[Zn+2].[Zn+2].[Zn+2].[Zn+2].[Zn+2].[Zn+2].[Zn+2].[Zn+2].[Zn+2].[Zn+2].[Zn+2].[Zn+2].[Zn+2].[Zn+2].[Zn+2].[Zn+2]. The minimum atomic E-state index is 0. The van der Waals surface area contributed by atoms with Gasteiger partial charge in [-0.25, -0.2) is 0 Å². The summed E-state index contributed by atoms with van der Waals surface area (Å²) in [6.45, 7) is 0. The third kappa shape index (κ3) is 1570. The van der Waals surface area contributed by atoms with Crippen LogP contribution in [0.15, 0.2) is 0 Å². The van der Waals surface area contributed by atoms with Crippen LogP contribution >= 0.6 is 0 Å². The van der Waals surface area contributed by atoms with Crippen LogP contribution in [-0.2, 0) is 746 Å². The van der Waals surface area contributed by atoms with Gasteiger partial charge >= 0.3 is 565 Å². The molecule has 0 N–H and O–H groups in total. The van der Waals surface area contributed by atoms with Gasteiger partial charge in [0.1, 0.15) is 0 Å². The van der Waals surface area contributed by atoms with Crippen molar-refractivity contribution in [1.82, 2.24) is 0 Å². The first kappa shape index (κ1) is 1700. The summed E-state index contributed by atoms with van der Waals surface area (Å²) in [6.07, 6.45) is 0. The fourth-order valence-corrected chi connectivity index (χ4v) is 0. The maximum atomic E-state index is 0. The molecule has 0 spiro atoms. The largest absolute Gasteiger partial charge is 2.00 e. The number of hydrogen-bond donors (Lipinski definition) is 0. The van der Waals surface area contributed by atoms with Gasteiger partial charge in [0.25, 0.3) is 0 Å². The molecule has 0 aromatic rings. The summed E-state index contributed by atoms with van der Waals surface area (Å²) in [7, 11) is 0. The molecule has 0 radical (unpaired) electrons. The Labute approximate surface area is 730 Å². The third-order valence-corrected chi connectivity index (χ3v) is 0. The van der Waals surface area contributed by atoms with E-state index in [4.69, 9.17) is 0 Å². The first-order valence-electron chi connectivity index (χ1n) is 0. The van der Waals surface area contributed by atoms with E-state index in [0.717, 1.165) is 0 Å². The second-order valence-electron chi connectivity index (χ2n) is 0. The van der Waals surface area contributed by atoms with Gasteiger partial charge in [-0.2, -0.15) is 0 Å².